The number of benzene rings is 1. The van der Waals surface area contributed by atoms with Gasteiger partial charge in [0.2, 0.25) is 5.78 Å². The lowest BCUT2D eigenvalue weighted by atomic mass is 10.2. The zero-order chi connectivity index (χ0) is 13.0. The molecule has 6 heteroatoms. The van der Waals surface area contributed by atoms with Crippen LogP contribution in [-0.2, 0) is 9.59 Å². The summed E-state index contributed by atoms with van der Waals surface area (Å²) < 4.78 is 0. The number of para-hydroxylation sites is 1. The molecule has 0 aliphatic rings. The minimum atomic E-state index is -0.564. The first-order chi connectivity index (χ1) is 7.97. The van der Waals surface area contributed by atoms with Gasteiger partial charge < -0.3 is 5.01 Å². The summed E-state index contributed by atoms with van der Waals surface area (Å²) in [5, 5.41) is 1.74. The average Bonchev–Trinajstić information content (AvgIpc) is 2.27. The molecule has 0 amide bonds. The molecule has 0 fully saturated rings. The number of hydrogen-bond acceptors (Lipinski definition) is 4. The molecule has 2 N–H and O–H groups in total. The summed E-state index contributed by atoms with van der Waals surface area (Å²) in [5.74, 6) is 4.65. The number of nitrogens with zero attached hydrogens (tertiary/aromatic N) is 1. The molecular formula is C11H12Cl2N2O2. The van der Waals surface area contributed by atoms with Gasteiger partial charge >= 0.3 is 0 Å². The van der Waals surface area contributed by atoms with Gasteiger partial charge in [-0.1, -0.05) is 36.2 Å². The Morgan fingerprint density at radius 3 is 2.24 bits per heavy atom. The standard InChI is InChI=1S/C11H12Cl2N2O2/c1-2-9(16)10(17)6-15(14)11-7(12)4-3-5-8(11)13/h3-5H,2,6,14H2,1H3. The van der Waals surface area contributed by atoms with E-state index in [4.69, 9.17) is 29.0 Å². The number of Topliss-reactive ketones (excluding diaryl/α,β-unsaturated/α-hetero) is 2. The quantitative estimate of drug-likeness (QED) is 0.508. The number of rotatable bonds is 5. The Labute approximate surface area is 109 Å². The van der Waals surface area contributed by atoms with Gasteiger partial charge in [-0.25, -0.2) is 5.84 Å². The van der Waals surface area contributed by atoms with E-state index >= 15 is 0 Å². The molecule has 0 aliphatic heterocycles. The van der Waals surface area contributed by atoms with E-state index in [1.165, 1.54) is 0 Å². The number of ketones is 2. The van der Waals surface area contributed by atoms with Crippen LogP contribution in [0.4, 0.5) is 5.69 Å². The molecule has 0 saturated heterocycles. The highest BCUT2D eigenvalue weighted by Gasteiger charge is 2.18. The fourth-order valence-electron chi connectivity index (χ4n) is 1.28. The molecular weight excluding hydrogens is 263 g/mol. The molecule has 0 heterocycles. The SMILES string of the molecule is CCC(=O)C(=O)CN(N)c1c(Cl)cccc1Cl. The summed E-state index contributed by atoms with van der Waals surface area (Å²) >= 11 is 11.8. The maximum Gasteiger partial charge on any atom is 0.219 e. The Morgan fingerprint density at radius 2 is 1.76 bits per heavy atom. The van der Waals surface area contributed by atoms with Gasteiger partial charge in [0.15, 0.2) is 5.78 Å². The molecule has 17 heavy (non-hydrogen) atoms. The molecule has 0 saturated carbocycles. The van der Waals surface area contributed by atoms with Gasteiger partial charge in [0.1, 0.15) is 6.54 Å². The molecule has 0 radical (unpaired) electrons. The van der Waals surface area contributed by atoms with Crippen molar-refractivity contribution >= 4 is 40.5 Å². The number of halogens is 2. The first-order valence-electron chi connectivity index (χ1n) is 4.99. The van der Waals surface area contributed by atoms with E-state index in [1.54, 1.807) is 25.1 Å². The largest absolute Gasteiger partial charge is 0.300 e. The summed E-state index contributed by atoms with van der Waals surface area (Å²) in [6.45, 7) is 1.37. The van der Waals surface area contributed by atoms with E-state index in [0.29, 0.717) is 15.7 Å². The van der Waals surface area contributed by atoms with Gasteiger partial charge in [-0.2, -0.15) is 0 Å². The van der Waals surface area contributed by atoms with Crippen molar-refractivity contribution in [2.45, 2.75) is 13.3 Å². The maximum absolute atomic E-state index is 11.4. The van der Waals surface area contributed by atoms with Crippen LogP contribution in [0.25, 0.3) is 0 Å². The van der Waals surface area contributed by atoms with Crippen molar-refractivity contribution < 1.29 is 9.59 Å². The summed E-state index contributed by atoms with van der Waals surface area (Å²) in [6, 6.07) is 4.88. The molecule has 1 rings (SSSR count). The summed E-state index contributed by atoms with van der Waals surface area (Å²) in [7, 11) is 0. The monoisotopic (exact) mass is 274 g/mol. The predicted molar refractivity (Wildman–Crippen MR) is 68.3 cm³/mol. The molecule has 1 aromatic rings. The van der Waals surface area contributed by atoms with E-state index in [2.05, 4.69) is 0 Å². The second kappa shape index (κ2) is 6.00. The third kappa shape index (κ3) is 3.43. The van der Waals surface area contributed by atoms with E-state index in [9.17, 15) is 9.59 Å². The first-order valence-corrected chi connectivity index (χ1v) is 5.75. The Hall–Kier alpha value is -1.10. The third-order valence-electron chi connectivity index (χ3n) is 2.17. The predicted octanol–water partition coefficient (Wildman–Crippen LogP) is 2.22. The van der Waals surface area contributed by atoms with Crippen LogP contribution in [0.5, 0.6) is 0 Å². The van der Waals surface area contributed by atoms with Crippen molar-refractivity contribution in [2.24, 2.45) is 5.84 Å². The lowest BCUT2D eigenvalue weighted by molar-refractivity contribution is -0.135. The molecule has 4 nitrogen and oxygen atoms in total. The van der Waals surface area contributed by atoms with Crippen LogP contribution in [0, 0.1) is 0 Å². The average molecular weight is 275 g/mol. The van der Waals surface area contributed by atoms with Crippen LogP contribution in [0.1, 0.15) is 13.3 Å². The Morgan fingerprint density at radius 1 is 1.24 bits per heavy atom. The number of anilines is 1. The van der Waals surface area contributed by atoms with Gasteiger partial charge in [0.25, 0.3) is 0 Å². The van der Waals surface area contributed by atoms with E-state index in [1.807, 2.05) is 0 Å². The van der Waals surface area contributed by atoms with Gasteiger partial charge in [-0.3, -0.25) is 9.59 Å². The molecule has 1 aromatic carbocycles. The highest BCUT2D eigenvalue weighted by molar-refractivity contribution is 6.40. The molecule has 0 unspecified atom stereocenters. The lowest BCUT2D eigenvalue weighted by Crippen LogP contribution is -2.39. The Kier molecular flexibility index (Phi) is 4.93. The smallest absolute Gasteiger partial charge is 0.219 e. The van der Waals surface area contributed by atoms with Gasteiger partial charge in [0, 0.05) is 6.42 Å². The summed E-state index contributed by atoms with van der Waals surface area (Å²) in [5.41, 5.74) is 0.341. The number of nitrogens with two attached hydrogens (primary N) is 1. The molecule has 0 aromatic heterocycles. The fourth-order valence-corrected chi connectivity index (χ4v) is 1.90. The highest BCUT2D eigenvalue weighted by atomic mass is 35.5. The first kappa shape index (κ1) is 14.0. The Balaban J connectivity index is 2.87. The van der Waals surface area contributed by atoms with Crippen molar-refractivity contribution in [1.82, 2.24) is 0 Å². The number of carbonyl (C=O) groups excluding carboxylic acids is 2. The van der Waals surface area contributed by atoms with Crippen molar-refractivity contribution in [2.75, 3.05) is 11.6 Å². The van der Waals surface area contributed by atoms with Crippen molar-refractivity contribution in [3.8, 4) is 0 Å². The van der Waals surface area contributed by atoms with Gasteiger partial charge in [-0.05, 0) is 12.1 Å². The van der Waals surface area contributed by atoms with Crippen molar-refractivity contribution in [1.29, 1.82) is 0 Å². The molecule has 0 bridgehead atoms. The maximum atomic E-state index is 11.4. The molecule has 92 valence electrons. The lowest BCUT2D eigenvalue weighted by Gasteiger charge is -2.19. The summed E-state index contributed by atoms with van der Waals surface area (Å²) in [6.07, 6.45) is 0.156. The third-order valence-corrected chi connectivity index (χ3v) is 2.78. The van der Waals surface area contributed by atoms with Crippen LogP contribution in [-0.4, -0.2) is 18.1 Å². The fraction of sp³-hybridized carbons (Fsp3) is 0.273. The highest BCUT2D eigenvalue weighted by Crippen LogP contribution is 2.31. The number of hydrazine groups is 1. The van der Waals surface area contributed by atoms with E-state index in [-0.39, 0.29) is 13.0 Å². The van der Waals surface area contributed by atoms with Gasteiger partial charge in [-0.15, -0.1) is 0 Å². The molecule has 0 spiro atoms. The zero-order valence-corrected chi connectivity index (χ0v) is 10.8. The number of hydrogen-bond donors (Lipinski definition) is 1. The van der Waals surface area contributed by atoms with Crippen LogP contribution in [0.2, 0.25) is 10.0 Å². The van der Waals surface area contributed by atoms with Crippen LogP contribution < -0.4 is 10.9 Å². The normalized spacial score (nSPS) is 10.1. The number of carbonyl (C=O) groups is 2. The zero-order valence-electron chi connectivity index (χ0n) is 9.24. The van der Waals surface area contributed by atoms with E-state index in [0.717, 1.165) is 5.01 Å². The van der Waals surface area contributed by atoms with E-state index < -0.39 is 11.6 Å². The topological polar surface area (TPSA) is 63.4 Å². The molecule has 0 aliphatic carbocycles. The second-order valence-corrected chi connectivity index (χ2v) is 4.21. The molecule has 0 atom stereocenters. The summed E-state index contributed by atoms with van der Waals surface area (Å²) in [4.78, 5) is 22.6. The Bertz CT molecular complexity index is 429. The van der Waals surface area contributed by atoms with Crippen LogP contribution in [0.15, 0.2) is 18.2 Å². The van der Waals surface area contributed by atoms with Crippen LogP contribution in [0.3, 0.4) is 0 Å². The van der Waals surface area contributed by atoms with Gasteiger partial charge in [0.05, 0.1) is 15.7 Å². The minimum Gasteiger partial charge on any atom is -0.300 e. The minimum absolute atomic E-state index is 0.156. The second-order valence-electron chi connectivity index (χ2n) is 3.40. The van der Waals surface area contributed by atoms with Crippen molar-refractivity contribution in [3.63, 3.8) is 0 Å². The van der Waals surface area contributed by atoms with Crippen molar-refractivity contribution in [3.05, 3.63) is 28.2 Å². The van der Waals surface area contributed by atoms with Crippen LogP contribution >= 0.6 is 23.2 Å².